The Labute approximate surface area is 260 Å². The Bertz CT molecular complexity index is 1010. The molecule has 2 unspecified atom stereocenters. The first-order valence-electron chi connectivity index (χ1n) is 16.0. The summed E-state index contributed by atoms with van der Waals surface area (Å²) >= 11 is 0. The van der Waals surface area contributed by atoms with Gasteiger partial charge in [0.15, 0.2) is 0 Å². The van der Waals surface area contributed by atoms with E-state index >= 15 is 0 Å². The fourth-order valence-corrected chi connectivity index (χ4v) is 5.22. The Kier molecular flexibility index (Phi) is 14.6. The van der Waals surface area contributed by atoms with Crippen LogP contribution >= 0.6 is 0 Å². The summed E-state index contributed by atoms with van der Waals surface area (Å²) in [6.45, 7) is 22.2. The topological polar surface area (TPSA) is 71.1 Å². The molecule has 0 amide bonds. The Morgan fingerprint density at radius 2 is 0.884 bits per heavy atom. The van der Waals surface area contributed by atoms with Crippen molar-refractivity contribution in [2.45, 2.75) is 87.5 Å². The largest absolute Gasteiger partial charge is 0.490 e. The molecule has 0 aliphatic rings. The minimum atomic E-state index is -0.229. The lowest BCUT2D eigenvalue weighted by Crippen LogP contribution is -2.26. The summed E-state index contributed by atoms with van der Waals surface area (Å²) in [5.74, 6) is 2.46. The summed E-state index contributed by atoms with van der Waals surface area (Å²) in [7, 11) is 0. The van der Waals surface area contributed by atoms with Gasteiger partial charge >= 0.3 is 11.9 Å². The molecule has 0 N–H and O–H groups in total. The Hall–Kier alpha value is -3.02. The third-order valence-corrected chi connectivity index (χ3v) is 8.01. The van der Waals surface area contributed by atoms with Crippen LogP contribution in [0.4, 0.5) is 0 Å². The summed E-state index contributed by atoms with van der Waals surface area (Å²) in [6.07, 6.45) is 1.66. The van der Waals surface area contributed by atoms with Crippen molar-refractivity contribution in [2.75, 3.05) is 26.4 Å². The molecule has 2 rings (SSSR count). The minimum absolute atomic E-state index is 0.0797. The second kappa shape index (κ2) is 17.3. The summed E-state index contributed by atoms with van der Waals surface area (Å²) in [5.41, 5.74) is 2.08. The highest BCUT2D eigenvalue weighted by atomic mass is 16.6. The van der Waals surface area contributed by atoms with Gasteiger partial charge in [0, 0.05) is 5.41 Å². The average Bonchev–Trinajstić information content (AvgIpc) is 2.94. The highest BCUT2D eigenvalue weighted by Gasteiger charge is 2.26. The van der Waals surface area contributed by atoms with E-state index in [1.165, 1.54) is 0 Å². The van der Waals surface area contributed by atoms with E-state index in [1.807, 2.05) is 24.3 Å². The zero-order valence-corrected chi connectivity index (χ0v) is 28.3. The predicted octanol–water partition coefficient (Wildman–Crippen LogP) is 8.49. The Morgan fingerprint density at radius 1 is 0.558 bits per heavy atom. The fourth-order valence-electron chi connectivity index (χ4n) is 5.22. The molecule has 0 aromatic heterocycles. The summed E-state index contributed by atoms with van der Waals surface area (Å²) < 4.78 is 22.7. The van der Waals surface area contributed by atoms with E-state index in [2.05, 4.69) is 93.5 Å². The molecule has 0 saturated heterocycles. The van der Waals surface area contributed by atoms with Gasteiger partial charge in [-0.1, -0.05) is 93.5 Å². The van der Waals surface area contributed by atoms with Crippen molar-refractivity contribution in [3.05, 3.63) is 59.7 Å². The molecule has 0 bridgehead atoms. The Morgan fingerprint density at radius 3 is 1.16 bits per heavy atom. The van der Waals surface area contributed by atoms with Gasteiger partial charge in [-0.25, -0.2) is 0 Å². The van der Waals surface area contributed by atoms with E-state index in [-0.39, 0.29) is 54.2 Å². The molecule has 0 aliphatic heterocycles. The number of carbonyl (C=O) groups is 2. The maximum atomic E-state index is 12.5. The zero-order valence-electron chi connectivity index (χ0n) is 28.3. The molecule has 2 aromatic rings. The summed E-state index contributed by atoms with van der Waals surface area (Å²) in [6, 6.07) is 16.1. The second-order valence-corrected chi connectivity index (χ2v) is 13.7. The van der Waals surface area contributed by atoms with Gasteiger partial charge in [0.05, 0.1) is 11.8 Å². The van der Waals surface area contributed by atoms with Gasteiger partial charge in [-0.2, -0.15) is 0 Å². The van der Waals surface area contributed by atoms with Gasteiger partial charge in [-0.15, -0.1) is 0 Å². The molecule has 6 heteroatoms. The van der Waals surface area contributed by atoms with Crippen molar-refractivity contribution in [3.63, 3.8) is 0 Å². The van der Waals surface area contributed by atoms with E-state index in [9.17, 15) is 9.59 Å². The van der Waals surface area contributed by atoms with E-state index in [0.717, 1.165) is 35.5 Å². The predicted molar refractivity (Wildman–Crippen MR) is 173 cm³/mol. The minimum Gasteiger partial charge on any atom is -0.490 e. The number of hydrogen-bond donors (Lipinski definition) is 0. The van der Waals surface area contributed by atoms with Crippen LogP contribution in [-0.4, -0.2) is 38.4 Å². The molecular weight excluding hydrogens is 540 g/mol. The molecule has 2 atom stereocenters. The lowest BCUT2D eigenvalue weighted by atomic mass is 9.78. The fraction of sp³-hybridized carbons (Fsp3) is 0.622. The SMILES string of the molecule is CC(C)CC(C(=O)OCCOc1ccc(C(C)(C)c2ccc(OCCOC(=O)C(CC(C)C)C(C)C)cc2)cc1)C(C)C. The number of benzene rings is 2. The molecule has 240 valence electrons. The van der Waals surface area contributed by atoms with E-state index in [4.69, 9.17) is 18.9 Å². The van der Waals surface area contributed by atoms with E-state index in [1.54, 1.807) is 0 Å². The van der Waals surface area contributed by atoms with Crippen LogP contribution in [0.25, 0.3) is 0 Å². The lowest BCUT2D eigenvalue weighted by Gasteiger charge is -2.26. The van der Waals surface area contributed by atoms with Crippen LogP contribution in [-0.2, 0) is 24.5 Å². The zero-order chi connectivity index (χ0) is 32.2. The van der Waals surface area contributed by atoms with Gasteiger partial charge in [0.1, 0.15) is 37.9 Å². The summed E-state index contributed by atoms with van der Waals surface area (Å²) in [5, 5.41) is 0. The van der Waals surface area contributed by atoms with Crippen molar-refractivity contribution in [3.8, 4) is 11.5 Å². The maximum absolute atomic E-state index is 12.5. The molecule has 0 aliphatic carbocycles. The van der Waals surface area contributed by atoms with Crippen LogP contribution < -0.4 is 9.47 Å². The van der Waals surface area contributed by atoms with Gasteiger partial charge in [-0.3, -0.25) is 9.59 Å². The van der Waals surface area contributed by atoms with Crippen LogP contribution in [0.1, 0.15) is 93.2 Å². The highest BCUT2D eigenvalue weighted by Crippen LogP contribution is 2.33. The van der Waals surface area contributed by atoms with E-state index < -0.39 is 0 Å². The number of carbonyl (C=O) groups excluding carboxylic acids is 2. The lowest BCUT2D eigenvalue weighted by molar-refractivity contribution is -0.152. The van der Waals surface area contributed by atoms with Crippen LogP contribution in [0, 0.1) is 35.5 Å². The first-order valence-corrected chi connectivity index (χ1v) is 16.0. The van der Waals surface area contributed by atoms with Crippen LogP contribution in [0.5, 0.6) is 11.5 Å². The monoisotopic (exact) mass is 596 g/mol. The molecule has 43 heavy (non-hydrogen) atoms. The van der Waals surface area contributed by atoms with Crippen molar-refractivity contribution in [1.29, 1.82) is 0 Å². The molecule has 0 spiro atoms. The quantitative estimate of drug-likeness (QED) is 0.127. The second-order valence-electron chi connectivity index (χ2n) is 13.7. The third-order valence-electron chi connectivity index (χ3n) is 8.01. The molecule has 2 aromatic carbocycles. The normalized spacial score (nSPS) is 13.3. The molecule has 6 nitrogen and oxygen atoms in total. The molecule has 0 heterocycles. The third kappa shape index (κ3) is 11.9. The molecule has 0 saturated carbocycles. The Balaban J connectivity index is 1.84. The maximum Gasteiger partial charge on any atom is 0.309 e. The standard InChI is InChI=1S/C37H56O6/c1-25(2)23-33(27(5)6)35(38)42-21-19-40-31-15-11-29(12-16-31)37(9,10)30-13-17-32(18-14-30)41-20-22-43-36(39)34(28(7)8)24-26(3)4/h11-18,25-28,33-34H,19-24H2,1-10H3. The van der Waals surface area contributed by atoms with Crippen molar-refractivity contribution in [2.24, 2.45) is 35.5 Å². The van der Waals surface area contributed by atoms with Crippen LogP contribution in [0.2, 0.25) is 0 Å². The number of esters is 2. The number of ether oxygens (including phenoxy) is 4. The van der Waals surface area contributed by atoms with Crippen molar-refractivity contribution in [1.82, 2.24) is 0 Å². The first kappa shape index (κ1) is 36.2. The smallest absolute Gasteiger partial charge is 0.309 e. The number of rotatable bonds is 18. The first-order chi connectivity index (χ1) is 20.2. The van der Waals surface area contributed by atoms with Gasteiger partial charge < -0.3 is 18.9 Å². The van der Waals surface area contributed by atoms with E-state index in [0.29, 0.717) is 25.0 Å². The van der Waals surface area contributed by atoms with Crippen LogP contribution in [0.15, 0.2) is 48.5 Å². The van der Waals surface area contributed by atoms with Gasteiger partial charge in [0.25, 0.3) is 0 Å². The number of hydrogen-bond acceptors (Lipinski definition) is 6. The van der Waals surface area contributed by atoms with Gasteiger partial charge in [-0.05, 0) is 71.9 Å². The molecule has 0 radical (unpaired) electrons. The van der Waals surface area contributed by atoms with Crippen molar-refractivity contribution >= 4 is 11.9 Å². The van der Waals surface area contributed by atoms with Gasteiger partial charge in [0.2, 0.25) is 0 Å². The highest BCUT2D eigenvalue weighted by molar-refractivity contribution is 5.73. The molecule has 0 fully saturated rings. The average molecular weight is 597 g/mol. The van der Waals surface area contributed by atoms with Crippen molar-refractivity contribution < 1.29 is 28.5 Å². The summed E-state index contributed by atoms with van der Waals surface area (Å²) in [4.78, 5) is 25.0. The molecular formula is C37H56O6. The van der Waals surface area contributed by atoms with Crippen LogP contribution in [0.3, 0.4) is 0 Å².